The molecule has 1 aliphatic rings. The lowest BCUT2D eigenvalue weighted by Crippen LogP contribution is -2.27. The van der Waals surface area contributed by atoms with Crippen molar-refractivity contribution in [2.75, 3.05) is 0 Å². The molecule has 0 radical (unpaired) electrons. The first-order valence-electron chi connectivity index (χ1n) is 6.44. The summed E-state index contributed by atoms with van der Waals surface area (Å²) >= 11 is 0. The highest BCUT2D eigenvalue weighted by molar-refractivity contribution is 5.04. The van der Waals surface area contributed by atoms with E-state index in [1.54, 1.807) is 0 Å². The summed E-state index contributed by atoms with van der Waals surface area (Å²) in [5, 5.41) is 8.15. The largest absolute Gasteiger partial charge is 0.322 e. The lowest BCUT2D eigenvalue weighted by Gasteiger charge is -2.20. The number of nitrogens with one attached hydrogen (secondary N) is 1. The molecule has 1 heterocycles. The van der Waals surface area contributed by atoms with E-state index >= 15 is 0 Å². The van der Waals surface area contributed by atoms with Crippen molar-refractivity contribution in [1.82, 2.24) is 15.2 Å². The number of hydrogen-bond donors (Lipinski definition) is 2. The van der Waals surface area contributed by atoms with E-state index < -0.39 is 0 Å². The van der Waals surface area contributed by atoms with Gasteiger partial charge in [-0.25, -0.2) is 0 Å². The zero-order valence-corrected chi connectivity index (χ0v) is 10.3. The summed E-state index contributed by atoms with van der Waals surface area (Å²) < 4.78 is 0. The van der Waals surface area contributed by atoms with Crippen LogP contribution in [0.3, 0.4) is 0 Å². The molecule has 17 heavy (non-hydrogen) atoms. The highest BCUT2D eigenvalue weighted by Gasteiger charge is 2.19. The molecule has 5 nitrogen and oxygen atoms in total. The monoisotopic (exact) mass is 236 g/mol. The zero-order valence-electron chi connectivity index (χ0n) is 10.3. The predicted molar refractivity (Wildman–Crippen MR) is 65.7 cm³/mol. The normalized spacial score (nSPS) is 19.2. The number of aromatic nitrogens is 3. The van der Waals surface area contributed by atoms with Crippen molar-refractivity contribution >= 4 is 0 Å². The van der Waals surface area contributed by atoms with E-state index in [1.807, 2.05) is 6.92 Å². The topological polar surface area (TPSA) is 84.7 Å². The maximum Gasteiger partial charge on any atom is 0.274 e. The van der Waals surface area contributed by atoms with Gasteiger partial charge in [0.05, 0.1) is 6.04 Å². The van der Waals surface area contributed by atoms with Crippen molar-refractivity contribution in [3.05, 3.63) is 21.9 Å². The highest BCUT2D eigenvalue weighted by Crippen LogP contribution is 2.29. The van der Waals surface area contributed by atoms with Gasteiger partial charge in [0.25, 0.3) is 5.56 Å². The van der Waals surface area contributed by atoms with Crippen molar-refractivity contribution in [3.8, 4) is 0 Å². The van der Waals surface area contributed by atoms with E-state index in [2.05, 4.69) is 15.2 Å². The SMILES string of the molecule is CCC(N)c1nnc(C2CCCCC2)[nH]c1=O. The van der Waals surface area contributed by atoms with Gasteiger partial charge in [-0.05, 0) is 19.3 Å². The molecular weight excluding hydrogens is 216 g/mol. The number of hydrogen-bond acceptors (Lipinski definition) is 4. The zero-order chi connectivity index (χ0) is 12.3. The van der Waals surface area contributed by atoms with Gasteiger partial charge in [-0.2, -0.15) is 0 Å². The standard InChI is InChI=1S/C12H20N4O/c1-2-9(13)10-12(17)14-11(16-15-10)8-6-4-3-5-7-8/h8-9H,2-7,13H2,1H3,(H,14,16,17). The van der Waals surface area contributed by atoms with Gasteiger partial charge < -0.3 is 10.7 Å². The van der Waals surface area contributed by atoms with Gasteiger partial charge in [-0.1, -0.05) is 26.2 Å². The molecule has 1 aromatic rings. The van der Waals surface area contributed by atoms with E-state index in [4.69, 9.17) is 5.73 Å². The molecule has 0 spiro atoms. The van der Waals surface area contributed by atoms with E-state index in [1.165, 1.54) is 19.3 Å². The number of H-pyrrole nitrogens is 1. The highest BCUT2D eigenvalue weighted by atomic mass is 16.1. The maximum absolute atomic E-state index is 11.8. The number of nitrogens with zero attached hydrogens (tertiary/aromatic N) is 2. The lowest BCUT2D eigenvalue weighted by molar-refractivity contribution is 0.422. The Kier molecular flexibility index (Phi) is 3.89. The Balaban J connectivity index is 2.21. The third-order valence-corrected chi connectivity index (χ3v) is 3.52. The fraction of sp³-hybridized carbons (Fsp3) is 0.750. The molecule has 0 aromatic carbocycles. The van der Waals surface area contributed by atoms with Crippen molar-refractivity contribution in [1.29, 1.82) is 0 Å². The number of rotatable bonds is 3. The van der Waals surface area contributed by atoms with Crippen molar-refractivity contribution in [2.24, 2.45) is 5.73 Å². The van der Waals surface area contributed by atoms with Gasteiger partial charge in [0.1, 0.15) is 11.5 Å². The molecule has 1 atom stereocenters. The second kappa shape index (κ2) is 5.40. The maximum atomic E-state index is 11.8. The van der Waals surface area contributed by atoms with Gasteiger partial charge in [0.15, 0.2) is 0 Å². The Morgan fingerprint density at radius 3 is 2.65 bits per heavy atom. The Morgan fingerprint density at radius 2 is 2.06 bits per heavy atom. The minimum Gasteiger partial charge on any atom is -0.322 e. The average Bonchev–Trinajstić information content (AvgIpc) is 2.39. The lowest BCUT2D eigenvalue weighted by atomic mass is 9.89. The van der Waals surface area contributed by atoms with Crippen molar-refractivity contribution in [2.45, 2.75) is 57.4 Å². The molecular formula is C12H20N4O. The molecule has 2 rings (SSSR count). The Hall–Kier alpha value is -1.23. The summed E-state index contributed by atoms with van der Waals surface area (Å²) in [4.78, 5) is 14.7. The number of nitrogens with two attached hydrogens (primary N) is 1. The fourth-order valence-corrected chi connectivity index (χ4v) is 2.35. The van der Waals surface area contributed by atoms with Gasteiger partial charge in [0.2, 0.25) is 0 Å². The van der Waals surface area contributed by atoms with Gasteiger partial charge in [-0.15, -0.1) is 10.2 Å². The van der Waals surface area contributed by atoms with Crippen LogP contribution in [0.15, 0.2) is 4.79 Å². The molecule has 1 fully saturated rings. The molecule has 1 unspecified atom stereocenters. The van der Waals surface area contributed by atoms with Gasteiger partial charge in [0, 0.05) is 5.92 Å². The molecule has 0 aliphatic heterocycles. The molecule has 0 bridgehead atoms. The minimum atomic E-state index is -0.313. The molecule has 1 aliphatic carbocycles. The summed E-state index contributed by atoms with van der Waals surface area (Å²) in [5.41, 5.74) is 5.98. The van der Waals surface area contributed by atoms with Crippen LogP contribution >= 0.6 is 0 Å². The van der Waals surface area contributed by atoms with Crippen LogP contribution < -0.4 is 11.3 Å². The smallest absolute Gasteiger partial charge is 0.274 e. The van der Waals surface area contributed by atoms with Crippen LogP contribution in [0.4, 0.5) is 0 Å². The second-order valence-corrected chi connectivity index (χ2v) is 4.77. The van der Waals surface area contributed by atoms with E-state index in [0.717, 1.165) is 18.7 Å². The van der Waals surface area contributed by atoms with Crippen LogP contribution in [0, 0.1) is 0 Å². The Bertz CT molecular complexity index is 423. The van der Waals surface area contributed by atoms with Crippen LogP contribution in [0.1, 0.15) is 68.9 Å². The average molecular weight is 236 g/mol. The summed E-state index contributed by atoms with van der Waals surface area (Å²) in [6.07, 6.45) is 6.61. The van der Waals surface area contributed by atoms with E-state index in [9.17, 15) is 4.79 Å². The number of aromatic amines is 1. The molecule has 5 heteroatoms. The van der Waals surface area contributed by atoms with Crippen LogP contribution in [-0.4, -0.2) is 15.2 Å². The van der Waals surface area contributed by atoms with Gasteiger partial charge >= 0.3 is 0 Å². The molecule has 0 amide bonds. The van der Waals surface area contributed by atoms with Crippen LogP contribution in [0.25, 0.3) is 0 Å². The van der Waals surface area contributed by atoms with Gasteiger partial charge in [-0.3, -0.25) is 4.79 Å². The predicted octanol–water partition coefficient (Wildman–Crippen LogP) is 1.62. The molecule has 1 aromatic heterocycles. The van der Waals surface area contributed by atoms with Crippen LogP contribution in [-0.2, 0) is 0 Å². The molecule has 94 valence electrons. The third-order valence-electron chi connectivity index (χ3n) is 3.52. The molecule has 0 saturated heterocycles. The van der Waals surface area contributed by atoms with E-state index in [-0.39, 0.29) is 11.6 Å². The summed E-state index contributed by atoms with van der Waals surface area (Å²) in [5.74, 6) is 1.11. The van der Waals surface area contributed by atoms with Crippen LogP contribution in [0.2, 0.25) is 0 Å². The summed E-state index contributed by atoms with van der Waals surface area (Å²) in [6, 6.07) is -0.313. The fourth-order valence-electron chi connectivity index (χ4n) is 2.35. The first-order chi connectivity index (χ1) is 8.22. The Labute approximate surface area is 101 Å². The second-order valence-electron chi connectivity index (χ2n) is 4.77. The Morgan fingerprint density at radius 1 is 1.35 bits per heavy atom. The third kappa shape index (κ3) is 2.72. The minimum absolute atomic E-state index is 0.171. The molecule has 1 saturated carbocycles. The quantitative estimate of drug-likeness (QED) is 0.835. The first kappa shape index (κ1) is 12.2. The summed E-state index contributed by atoms with van der Waals surface area (Å²) in [7, 11) is 0. The summed E-state index contributed by atoms with van der Waals surface area (Å²) in [6.45, 7) is 1.93. The van der Waals surface area contributed by atoms with Crippen molar-refractivity contribution in [3.63, 3.8) is 0 Å². The molecule has 3 N–H and O–H groups in total. The van der Waals surface area contributed by atoms with Crippen molar-refractivity contribution < 1.29 is 0 Å². The van der Waals surface area contributed by atoms with E-state index in [0.29, 0.717) is 18.0 Å². The first-order valence-corrected chi connectivity index (χ1v) is 6.44. The van der Waals surface area contributed by atoms with Crippen LogP contribution in [0.5, 0.6) is 0 Å².